The zero-order chi connectivity index (χ0) is 17.8. The second kappa shape index (κ2) is 8.82. The van der Waals surface area contributed by atoms with Crippen LogP contribution in [0.3, 0.4) is 0 Å². The number of amides is 2. The molecule has 140 valence electrons. The highest BCUT2D eigenvalue weighted by molar-refractivity contribution is 5.98. The number of fused-ring (bicyclic) bond motifs is 1. The quantitative estimate of drug-likeness (QED) is 0.636. The number of nitrogens with two attached hydrogens (primary N) is 1. The number of carbonyl (C=O) groups is 2. The molecule has 2 amide bonds. The van der Waals surface area contributed by atoms with Gasteiger partial charge in [-0.2, -0.15) is 0 Å². The summed E-state index contributed by atoms with van der Waals surface area (Å²) in [7, 11) is 0. The number of hydrogen-bond acceptors (Lipinski definition) is 4. The number of pyridine rings is 1. The third-order valence-electron chi connectivity index (χ3n) is 4.58. The zero-order valence-corrected chi connectivity index (χ0v) is 15.1. The molecule has 1 fully saturated rings. The second-order valence-electron chi connectivity index (χ2n) is 6.44. The van der Waals surface area contributed by atoms with Crippen molar-refractivity contribution in [3.05, 3.63) is 46.2 Å². The van der Waals surface area contributed by atoms with Gasteiger partial charge in [0.1, 0.15) is 5.56 Å². The number of benzene rings is 1. The first-order chi connectivity index (χ1) is 12.0. The lowest BCUT2D eigenvalue weighted by Gasteiger charge is -2.26. The van der Waals surface area contributed by atoms with Gasteiger partial charge in [0.15, 0.2) is 0 Å². The van der Waals surface area contributed by atoms with Crippen molar-refractivity contribution >= 4 is 35.1 Å². The van der Waals surface area contributed by atoms with Gasteiger partial charge in [-0.25, -0.2) is 0 Å². The van der Waals surface area contributed by atoms with Crippen LogP contribution >= 0.6 is 12.4 Å². The van der Waals surface area contributed by atoms with Crippen molar-refractivity contribution in [2.45, 2.75) is 37.8 Å². The minimum absolute atomic E-state index is 0. The van der Waals surface area contributed by atoms with E-state index in [1.165, 1.54) is 6.20 Å². The largest absolute Gasteiger partial charge is 0.360 e. The summed E-state index contributed by atoms with van der Waals surface area (Å²) in [6, 6.07) is 7.29. The summed E-state index contributed by atoms with van der Waals surface area (Å²) in [4.78, 5) is 39.5. The van der Waals surface area contributed by atoms with Gasteiger partial charge in [0.2, 0.25) is 11.3 Å². The molecule has 1 aromatic carbocycles. The van der Waals surface area contributed by atoms with Crippen LogP contribution in [0.1, 0.15) is 36.0 Å². The first kappa shape index (κ1) is 19.9. The lowest BCUT2D eigenvalue weighted by molar-refractivity contribution is -0.121. The van der Waals surface area contributed by atoms with Crippen LogP contribution in [0.4, 0.5) is 0 Å². The van der Waals surface area contributed by atoms with Gasteiger partial charge in [0, 0.05) is 29.2 Å². The van der Waals surface area contributed by atoms with Gasteiger partial charge in [-0.05, 0) is 37.8 Å². The van der Waals surface area contributed by atoms with E-state index >= 15 is 0 Å². The number of nitrogens with one attached hydrogen (secondary N) is 3. The Bertz CT molecular complexity index is 844. The van der Waals surface area contributed by atoms with E-state index in [2.05, 4.69) is 15.6 Å². The van der Waals surface area contributed by atoms with Gasteiger partial charge < -0.3 is 21.4 Å². The summed E-state index contributed by atoms with van der Waals surface area (Å²) < 4.78 is 0. The van der Waals surface area contributed by atoms with Crippen LogP contribution < -0.4 is 21.8 Å². The summed E-state index contributed by atoms with van der Waals surface area (Å²) in [6.07, 6.45) is 4.87. The van der Waals surface area contributed by atoms with Crippen LogP contribution in [0, 0.1) is 0 Å². The van der Waals surface area contributed by atoms with Gasteiger partial charge in [-0.15, -0.1) is 12.4 Å². The van der Waals surface area contributed by atoms with E-state index in [9.17, 15) is 14.4 Å². The molecule has 0 radical (unpaired) electrons. The molecular weight excluding hydrogens is 356 g/mol. The number of aromatic amines is 1. The number of hydrogen-bond donors (Lipinski definition) is 4. The smallest absolute Gasteiger partial charge is 0.257 e. The average Bonchev–Trinajstić information content (AvgIpc) is 2.62. The van der Waals surface area contributed by atoms with Crippen molar-refractivity contribution in [1.29, 1.82) is 0 Å². The minimum Gasteiger partial charge on any atom is -0.360 e. The Morgan fingerprint density at radius 1 is 1.15 bits per heavy atom. The molecule has 1 saturated carbocycles. The van der Waals surface area contributed by atoms with Crippen LogP contribution in [-0.2, 0) is 4.79 Å². The summed E-state index contributed by atoms with van der Waals surface area (Å²) >= 11 is 0. The highest BCUT2D eigenvalue weighted by atomic mass is 35.5. The molecule has 1 aromatic heterocycles. The fourth-order valence-corrected chi connectivity index (χ4v) is 3.13. The van der Waals surface area contributed by atoms with Crippen LogP contribution in [0.25, 0.3) is 10.9 Å². The third kappa shape index (κ3) is 4.62. The fraction of sp³-hybridized carbons (Fsp3) is 0.389. The first-order valence-electron chi connectivity index (χ1n) is 8.48. The van der Waals surface area contributed by atoms with E-state index < -0.39 is 5.91 Å². The van der Waals surface area contributed by atoms with Gasteiger partial charge in [0.05, 0.1) is 6.54 Å². The van der Waals surface area contributed by atoms with E-state index in [1.807, 2.05) is 0 Å². The van der Waals surface area contributed by atoms with E-state index in [0.29, 0.717) is 10.9 Å². The van der Waals surface area contributed by atoms with E-state index in [4.69, 9.17) is 5.73 Å². The zero-order valence-electron chi connectivity index (χ0n) is 14.3. The van der Waals surface area contributed by atoms with E-state index in [0.717, 1.165) is 25.7 Å². The Morgan fingerprint density at radius 2 is 1.85 bits per heavy atom. The van der Waals surface area contributed by atoms with Crippen molar-refractivity contribution in [2.75, 3.05) is 6.54 Å². The lowest BCUT2D eigenvalue weighted by atomic mass is 9.92. The highest BCUT2D eigenvalue weighted by Gasteiger charge is 2.20. The predicted molar refractivity (Wildman–Crippen MR) is 103 cm³/mol. The number of aromatic nitrogens is 1. The molecule has 7 nitrogen and oxygen atoms in total. The maximum atomic E-state index is 12.4. The molecule has 0 spiro atoms. The average molecular weight is 379 g/mol. The van der Waals surface area contributed by atoms with Crippen molar-refractivity contribution < 1.29 is 9.59 Å². The Morgan fingerprint density at radius 3 is 2.58 bits per heavy atom. The van der Waals surface area contributed by atoms with Crippen LogP contribution in [0.5, 0.6) is 0 Å². The lowest BCUT2D eigenvalue weighted by Crippen LogP contribution is -2.45. The van der Waals surface area contributed by atoms with Gasteiger partial charge in [0.25, 0.3) is 5.91 Å². The topological polar surface area (TPSA) is 117 Å². The molecule has 1 heterocycles. The Kier molecular flexibility index (Phi) is 6.76. The molecule has 5 N–H and O–H groups in total. The summed E-state index contributed by atoms with van der Waals surface area (Å²) in [6.45, 7) is -0.159. The number of carbonyl (C=O) groups excluding carboxylic acids is 2. The van der Waals surface area contributed by atoms with E-state index in [1.54, 1.807) is 24.3 Å². The molecule has 26 heavy (non-hydrogen) atoms. The Labute approximate surface area is 157 Å². The maximum absolute atomic E-state index is 12.4. The van der Waals surface area contributed by atoms with Crippen LogP contribution in [0.15, 0.2) is 35.3 Å². The molecule has 0 saturated heterocycles. The third-order valence-corrected chi connectivity index (χ3v) is 4.58. The number of para-hydroxylation sites is 1. The summed E-state index contributed by atoms with van der Waals surface area (Å²) in [5.41, 5.74) is 6.15. The minimum atomic E-state index is -0.562. The molecule has 0 unspecified atom stereocenters. The number of H-pyrrole nitrogens is 1. The number of halogens is 1. The summed E-state index contributed by atoms with van der Waals surface area (Å²) in [5, 5.41) is 5.84. The van der Waals surface area contributed by atoms with Crippen molar-refractivity contribution in [3.63, 3.8) is 0 Å². The van der Waals surface area contributed by atoms with Gasteiger partial charge in [-0.3, -0.25) is 14.4 Å². The molecular formula is C18H23ClN4O3. The van der Waals surface area contributed by atoms with Crippen molar-refractivity contribution in [1.82, 2.24) is 15.6 Å². The van der Waals surface area contributed by atoms with Crippen LogP contribution in [0.2, 0.25) is 0 Å². The molecule has 2 aromatic rings. The van der Waals surface area contributed by atoms with E-state index in [-0.39, 0.29) is 47.9 Å². The fourth-order valence-electron chi connectivity index (χ4n) is 3.13. The summed E-state index contributed by atoms with van der Waals surface area (Å²) in [5.74, 6) is -0.821. The van der Waals surface area contributed by atoms with Crippen molar-refractivity contribution in [2.24, 2.45) is 5.73 Å². The Hall–Kier alpha value is -2.38. The second-order valence-corrected chi connectivity index (χ2v) is 6.44. The SMILES string of the molecule is Cl.NC1CCC(NC(=O)CNC(=O)c2c[nH]c3ccccc3c2=O)CC1. The first-order valence-corrected chi connectivity index (χ1v) is 8.48. The monoisotopic (exact) mass is 378 g/mol. The molecule has 1 aliphatic rings. The molecule has 1 aliphatic carbocycles. The standard InChI is InChI=1S/C18H22N4O3.ClH/c19-11-5-7-12(8-6-11)22-16(23)10-21-18(25)14-9-20-15-4-2-1-3-13(15)17(14)24;/h1-4,9,11-12H,5-8,10,19H2,(H,20,24)(H,21,25)(H,22,23);1H. The highest BCUT2D eigenvalue weighted by Crippen LogP contribution is 2.16. The molecule has 3 rings (SSSR count). The van der Waals surface area contributed by atoms with Gasteiger partial charge in [-0.1, -0.05) is 12.1 Å². The molecule has 0 aliphatic heterocycles. The molecule has 8 heteroatoms. The van der Waals surface area contributed by atoms with Gasteiger partial charge >= 0.3 is 0 Å². The maximum Gasteiger partial charge on any atom is 0.257 e. The predicted octanol–water partition coefficient (Wildman–Crippen LogP) is 1.07. The van der Waals surface area contributed by atoms with Crippen LogP contribution in [-0.4, -0.2) is 35.4 Å². The number of rotatable bonds is 4. The Balaban J connectivity index is 0.00000243. The molecule has 0 bridgehead atoms. The normalized spacial score (nSPS) is 19.4. The van der Waals surface area contributed by atoms with Crippen molar-refractivity contribution in [3.8, 4) is 0 Å². The molecule has 0 atom stereocenters.